The molecule has 0 saturated heterocycles. The van der Waals surface area contributed by atoms with Crippen LogP contribution in [-0.2, 0) is 11.8 Å². The van der Waals surface area contributed by atoms with Crippen LogP contribution in [0.3, 0.4) is 0 Å². The minimum Gasteiger partial charge on any atom is -0.357 e. The van der Waals surface area contributed by atoms with Crippen LogP contribution in [0.5, 0.6) is 0 Å². The molecule has 2 N–H and O–H groups in total. The van der Waals surface area contributed by atoms with Crippen molar-refractivity contribution in [2.45, 2.75) is 39.5 Å². The first kappa shape index (κ1) is 26.9. The molecule has 0 saturated carbocycles. The smallest absolute Gasteiger partial charge is 0.253 e. The highest BCUT2D eigenvalue weighted by molar-refractivity contribution is 14.0. The molecule has 2 aromatic rings. The first-order valence-corrected chi connectivity index (χ1v) is 10.6. The van der Waals surface area contributed by atoms with E-state index in [1.54, 1.807) is 19.0 Å². The fraction of sp³-hybridized carbons (Fsp3) is 0.440. The molecule has 1 amide bonds. The van der Waals surface area contributed by atoms with Crippen LogP contribution in [0.25, 0.3) is 0 Å². The Bertz CT molecular complexity index is 877. The van der Waals surface area contributed by atoms with Crippen LogP contribution in [0.1, 0.15) is 47.8 Å². The number of hydrogen-bond acceptors (Lipinski definition) is 2. The zero-order valence-electron chi connectivity index (χ0n) is 19.7. The molecule has 0 aliphatic rings. The van der Waals surface area contributed by atoms with Gasteiger partial charge in [-0.15, -0.1) is 24.0 Å². The number of carbonyl (C=O) groups excluding carboxylic acids is 1. The van der Waals surface area contributed by atoms with Crippen molar-refractivity contribution < 1.29 is 4.79 Å². The molecule has 5 nitrogen and oxygen atoms in total. The fourth-order valence-electron chi connectivity index (χ4n) is 3.48. The average molecular weight is 537 g/mol. The Labute approximate surface area is 204 Å². The number of carbonyl (C=O) groups is 1. The number of aryl methyl sites for hydroxylation is 1. The molecule has 0 radical (unpaired) electrons. The molecule has 2 rings (SSSR count). The van der Waals surface area contributed by atoms with Gasteiger partial charge >= 0.3 is 0 Å². The van der Waals surface area contributed by atoms with Crippen LogP contribution in [0.2, 0.25) is 0 Å². The topological polar surface area (TPSA) is 56.7 Å². The zero-order valence-corrected chi connectivity index (χ0v) is 22.0. The van der Waals surface area contributed by atoms with Gasteiger partial charge in [0.2, 0.25) is 0 Å². The lowest BCUT2D eigenvalue weighted by atomic mass is 9.82. The van der Waals surface area contributed by atoms with Crippen LogP contribution in [-0.4, -0.2) is 50.5 Å². The third-order valence-corrected chi connectivity index (χ3v) is 5.14. The molecule has 31 heavy (non-hydrogen) atoms. The fourth-order valence-corrected chi connectivity index (χ4v) is 3.48. The van der Waals surface area contributed by atoms with E-state index >= 15 is 0 Å². The van der Waals surface area contributed by atoms with Crippen LogP contribution < -0.4 is 10.6 Å². The number of rotatable bonds is 8. The maximum atomic E-state index is 12.2. The molecule has 0 unspecified atom stereocenters. The van der Waals surface area contributed by atoms with Crippen molar-refractivity contribution in [1.82, 2.24) is 15.5 Å². The third-order valence-electron chi connectivity index (χ3n) is 5.14. The Morgan fingerprint density at radius 2 is 1.77 bits per heavy atom. The molecule has 0 aliphatic heterocycles. The van der Waals surface area contributed by atoms with E-state index in [1.165, 1.54) is 11.1 Å². The molecular weight excluding hydrogens is 499 g/mol. The van der Waals surface area contributed by atoms with Crippen LogP contribution >= 0.6 is 24.0 Å². The van der Waals surface area contributed by atoms with Gasteiger partial charge in [0.25, 0.3) is 5.91 Å². The van der Waals surface area contributed by atoms with Gasteiger partial charge in [-0.25, -0.2) is 0 Å². The monoisotopic (exact) mass is 536 g/mol. The largest absolute Gasteiger partial charge is 0.357 e. The average Bonchev–Trinajstić information content (AvgIpc) is 2.72. The SMILES string of the molecule is CCNC(=NCC(C)(C)c1ccccc1C)NCCc1cccc(C(=O)N(C)C)c1.I. The predicted molar refractivity (Wildman–Crippen MR) is 142 cm³/mol. The van der Waals surface area contributed by atoms with Crippen molar-refractivity contribution in [3.05, 3.63) is 70.8 Å². The summed E-state index contributed by atoms with van der Waals surface area (Å²) in [5.41, 5.74) is 4.42. The number of benzene rings is 2. The summed E-state index contributed by atoms with van der Waals surface area (Å²) in [6.45, 7) is 10.9. The van der Waals surface area contributed by atoms with Gasteiger partial charge in [0.15, 0.2) is 5.96 Å². The molecular formula is C25H37IN4O. The van der Waals surface area contributed by atoms with E-state index in [0.717, 1.165) is 36.6 Å². The summed E-state index contributed by atoms with van der Waals surface area (Å²) < 4.78 is 0. The van der Waals surface area contributed by atoms with Crippen molar-refractivity contribution in [1.29, 1.82) is 0 Å². The predicted octanol–water partition coefficient (Wildman–Crippen LogP) is 4.39. The van der Waals surface area contributed by atoms with Gasteiger partial charge in [-0.1, -0.05) is 50.2 Å². The molecule has 0 fully saturated rings. The van der Waals surface area contributed by atoms with Gasteiger partial charge in [-0.2, -0.15) is 0 Å². The van der Waals surface area contributed by atoms with Crippen molar-refractivity contribution in [2.75, 3.05) is 33.7 Å². The molecule has 0 spiro atoms. The molecule has 0 heterocycles. The zero-order chi connectivity index (χ0) is 22.1. The second kappa shape index (κ2) is 12.7. The molecule has 6 heteroatoms. The number of nitrogens with zero attached hydrogens (tertiary/aromatic N) is 2. The van der Waals surface area contributed by atoms with E-state index in [4.69, 9.17) is 4.99 Å². The highest BCUT2D eigenvalue weighted by Gasteiger charge is 2.22. The summed E-state index contributed by atoms with van der Waals surface area (Å²) in [5, 5.41) is 6.75. The Hall–Kier alpha value is -2.09. The quantitative estimate of drug-likeness (QED) is 0.299. The summed E-state index contributed by atoms with van der Waals surface area (Å²) in [4.78, 5) is 18.6. The lowest BCUT2D eigenvalue weighted by Gasteiger charge is -2.25. The van der Waals surface area contributed by atoms with Crippen molar-refractivity contribution in [2.24, 2.45) is 4.99 Å². The normalized spacial score (nSPS) is 11.5. The summed E-state index contributed by atoms with van der Waals surface area (Å²) in [5.74, 6) is 0.845. The Balaban J connectivity index is 0.00000480. The standard InChI is InChI=1S/C25H36N4O.HI/c1-7-26-24(28-18-25(3,4)22-14-9-8-11-19(22)2)27-16-15-20-12-10-13-21(17-20)23(30)29(5)6;/h8-14,17H,7,15-16,18H2,1-6H3,(H2,26,27,28);1H. The summed E-state index contributed by atoms with van der Waals surface area (Å²) in [6, 6.07) is 16.3. The number of halogens is 1. The lowest BCUT2D eigenvalue weighted by Crippen LogP contribution is -2.39. The van der Waals surface area contributed by atoms with Crippen molar-refractivity contribution in [3.8, 4) is 0 Å². The molecule has 0 bridgehead atoms. The lowest BCUT2D eigenvalue weighted by molar-refractivity contribution is 0.0827. The molecule has 2 aromatic carbocycles. The van der Waals surface area contributed by atoms with E-state index < -0.39 is 0 Å². The van der Waals surface area contributed by atoms with Crippen molar-refractivity contribution in [3.63, 3.8) is 0 Å². The van der Waals surface area contributed by atoms with Gasteiger partial charge in [-0.05, 0) is 49.1 Å². The Kier molecular flexibility index (Phi) is 11.0. The van der Waals surface area contributed by atoms with Crippen LogP contribution in [0.15, 0.2) is 53.5 Å². The minimum absolute atomic E-state index is 0. The van der Waals surface area contributed by atoms with E-state index in [-0.39, 0.29) is 35.3 Å². The number of hydrogen-bond donors (Lipinski definition) is 2. The van der Waals surface area contributed by atoms with E-state index in [9.17, 15) is 4.79 Å². The Morgan fingerprint density at radius 3 is 2.42 bits per heavy atom. The number of nitrogens with one attached hydrogen (secondary N) is 2. The van der Waals surface area contributed by atoms with Gasteiger partial charge in [0, 0.05) is 38.2 Å². The molecule has 0 aromatic heterocycles. The number of guanidine groups is 1. The maximum absolute atomic E-state index is 12.2. The van der Waals surface area contributed by atoms with Gasteiger partial charge in [-0.3, -0.25) is 9.79 Å². The summed E-state index contributed by atoms with van der Waals surface area (Å²) >= 11 is 0. The van der Waals surface area contributed by atoms with Gasteiger partial charge in [0.1, 0.15) is 0 Å². The molecule has 0 aliphatic carbocycles. The first-order valence-electron chi connectivity index (χ1n) is 10.6. The molecule has 170 valence electrons. The second-order valence-corrected chi connectivity index (χ2v) is 8.47. The van der Waals surface area contributed by atoms with E-state index in [2.05, 4.69) is 68.7 Å². The van der Waals surface area contributed by atoms with E-state index in [1.807, 2.05) is 18.2 Å². The highest BCUT2D eigenvalue weighted by Crippen LogP contribution is 2.26. The number of aliphatic imine (C=N–C) groups is 1. The summed E-state index contributed by atoms with van der Waals surface area (Å²) in [7, 11) is 3.54. The van der Waals surface area contributed by atoms with Gasteiger partial charge in [0.05, 0.1) is 6.54 Å². The third kappa shape index (κ3) is 8.16. The van der Waals surface area contributed by atoms with Crippen molar-refractivity contribution >= 4 is 35.8 Å². The molecule has 0 atom stereocenters. The highest BCUT2D eigenvalue weighted by atomic mass is 127. The van der Waals surface area contributed by atoms with Crippen LogP contribution in [0, 0.1) is 6.92 Å². The Morgan fingerprint density at radius 1 is 1.06 bits per heavy atom. The minimum atomic E-state index is -0.0471. The van der Waals surface area contributed by atoms with Crippen LogP contribution in [0.4, 0.5) is 0 Å². The van der Waals surface area contributed by atoms with E-state index in [0.29, 0.717) is 6.54 Å². The first-order chi connectivity index (χ1) is 14.2. The van der Waals surface area contributed by atoms with Gasteiger partial charge < -0.3 is 15.5 Å². The summed E-state index contributed by atoms with van der Waals surface area (Å²) in [6.07, 6.45) is 0.820. The number of amides is 1. The maximum Gasteiger partial charge on any atom is 0.253 e. The second-order valence-electron chi connectivity index (χ2n) is 8.47.